The molecular weight excluding hydrogens is 454 g/mol. The van der Waals surface area contributed by atoms with Gasteiger partial charge in [0.05, 0.1) is 25.8 Å². The summed E-state index contributed by atoms with van der Waals surface area (Å²) in [5.41, 5.74) is 1.22. The SMILES string of the molecule is CCOc1cccc(Cn2c(=O)c3sccc3n(CC(=O)NCc3ccc(OC)cc3)c2=O)c1. The van der Waals surface area contributed by atoms with E-state index in [9.17, 15) is 14.4 Å². The highest BCUT2D eigenvalue weighted by Crippen LogP contribution is 2.17. The van der Waals surface area contributed by atoms with Crippen LogP contribution in [-0.2, 0) is 24.4 Å². The molecule has 0 saturated carbocycles. The minimum absolute atomic E-state index is 0.0832. The minimum Gasteiger partial charge on any atom is -0.497 e. The van der Waals surface area contributed by atoms with Crippen molar-refractivity contribution < 1.29 is 14.3 Å². The Labute approximate surface area is 200 Å². The lowest BCUT2D eigenvalue weighted by Gasteiger charge is -2.13. The summed E-state index contributed by atoms with van der Waals surface area (Å²) < 4.78 is 13.6. The molecule has 0 spiro atoms. The van der Waals surface area contributed by atoms with Gasteiger partial charge in [-0.05, 0) is 53.8 Å². The Hall–Kier alpha value is -3.85. The number of thiophene rings is 1. The van der Waals surface area contributed by atoms with Gasteiger partial charge in [-0.2, -0.15) is 0 Å². The van der Waals surface area contributed by atoms with E-state index >= 15 is 0 Å². The lowest BCUT2D eigenvalue weighted by molar-refractivity contribution is -0.121. The number of methoxy groups -OCH3 is 1. The lowest BCUT2D eigenvalue weighted by atomic mass is 10.2. The normalized spacial score (nSPS) is 10.9. The molecule has 1 amide bonds. The quantitative estimate of drug-likeness (QED) is 0.399. The molecule has 0 aliphatic rings. The van der Waals surface area contributed by atoms with Gasteiger partial charge in [0.25, 0.3) is 5.56 Å². The van der Waals surface area contributed by atoms with E-state index in [1.165, 1.54) is 20.5 Å². The fraction of sp³-hybridized carbons (Fsp3) is 0.240. The first-order valence-electron chi connectivity index (χ1n) is 10.8. The molecule has 4 rings (SSSR count). The number of fused-ring (bicyclic) bond motifs is 1. The van der Waals surface area contributed by atoms with Crippen LogP contribution in [0.1, 0.15) is 18.1 Å². The molecule has 2 aromatic carbocycles. The second-order valence-electron chi connectivity index (χ2n) is 7.60. The van der Waals surface area contributed by atoms with E-state index in [1.807, 2.05) is 49.4 Å². The molecule has 34 heavy (non-hydrogen) atoms. The van der Waals surface area contributed by atoms with Crippen molar-refractivity contribution in [2.45, 2.75) is 26.6 Å². The van der Waals surface area contributed by atoms with Crippen molar-refractivity contribution in [1.82, 2.24) is 14.5 Å². The first kappa shape index (κ1) is 23.3. The zero-order valence-corrected chi connectivity index (χ0v) is 19.8. The smallest absolute Gasteiger partial charge is 0.332 e. The van der Waals surface area contributed by atoms with E-state index < -0.39 is 5.69 Å². The van der Waals surface area contributed by atoms with Gasteiger partial charge in [-0.3, -0.25) is 18.7 Å². The molecular formula is C25H25N3O5S. The van der Waals surface area contributed by atoms with Crippen molar-refractivity contribution in [3.63, 3.8) is 0 Å². The molecule has 2 heterocycles. The molecule has 0 unspecified atom stereocenters. The van der Waals surface area contributed by atoms with Crippen LogP contribution in [0.2, 0.25) is 0 Å². The maximum atomic E-state index is 13.3. The highest BCUT2D eigenvalue weighted by molar-refractivity contribution is 7.17. The van der Waals surface area contributed by atoms with Gasteiger partial charge in [0, 0.05) is 6.54 Å². The van der Waals surface area contributed by atoms with Crippen LogP contribution in [0.15, 0.2) is 69.6 Å². The monoisotopic (exact) mass is 479 g/mol. The van der Waals surface area contributed by atoms with Gasteiger partial charge in [0.2, 0.25) is 5.91 Å². The molecule has 0 bridgehead atoms. The fourth-order valence-corrected chi connectivity index (χ4v) is 4.49. The average Bonchev–Trinajstić information content (AvgIpc) is 3.34. The number of nitrogens with zero attached hydrogens (tertiary/aromatic N) is 2. The molecule has 8 nitrogen and oxygen atoms in total. The van der Waals surface area contributed by atoms with E-state index in [0.717, 1.165) is 16.9 Å². The van der Waals surface area contributed by atoms with Crippen LogP contribution in [0, 0.1) is 0 Å². The van der Waals surface area contributed by atoms with Crippen molar-refractivity contribution in [3.8, 4) is 11.5 Å². The number of aromatic nitrogens is 2. The summed E-state index contributed by atoms with van der Waals surface area (Å²) in [6.07, 6.45) is 0. The number of carbonyl (C=O) groups excluding carboxylic acids is 1. The third kappa shape index (κ3) is 5.04. The predicted octanol–water partition coefficient (Wildman–Crippen LogP) is 3.00. The molecule has 2 aromatic heterocycles. The Morgan fingerprint density at radius 1 is 1.00 bits per heavy atom. The van der Waals surface area contributed by atoms with Crippen molar-refractivity contribution in [2.24, 2.45) is 0 Å². The minimum atomic E-state index is -0.530. The number of hydrogen-bond donors (Lipinski definition) is 1. The second kappa shape index (κ2) is 10.4. The Bertz CT molecular complexity index is 1420. The van der Waals surface area contributed by atoms with Gasteiger partial charge in [-0.25, -0.2) is 4.79 Å². The topological polar surface area (TPSA) is 91.6 Å². The van der Waals surface area contributed by atoms with Crippen molar-refractivity contribution in [2.75, 3.05) is 13.7 Å². The van der Waals surface area contributed by atoms with Crippen LogP contribution in [0.4, 0.5) is 0 Å². The van der Waals surface area contributed by atoms with E-state index in [2.05, 4.69) is 5.32 Å². The van der Waals surface area contributed by atoms with Crippen LogP contribution in [0.3, 0.4) is 0 Å². The molecule has 1 N–H and O–H groups in total. The molecule has 0 saturated heterocycles. The summed E-state index contributed by atoms with van der Waals surface area (Å²) >= 11 is 1.25. The number of carbonyl (C=O) groups is 1. The third-order valence-corrected chi connectivity index (χ3v) is 6.23. The Morgan fingerprint density at radius 3 is 2.53 bits per heavy atom. The highest BCUT2D eigenvalue weighted by atomic mass is 32.1. The maximum Gasteiger partial charge on any atom is 0.332 e. The molecule has 0 aliphatic carbocycles. The van der Waals surface area contributed by atoms with Gasteiger partial charge in [0.15, 0.2) is 0 Å². The Morgan fingerprint density at radius 2 is 1.79 bits per heavy atom. The Balaban J connectivity index is 1.59. The highest BCUT2D eigenvalue weighted by Gasteiger charge is 2.17. The van der Waals surface area contributed by atoms with E-state index in [4.69, 9.17) is 9.47 Å². The van der Waals surface area contributed by atoms with Crippen LogP contribution >= 0.6 is 11.3 Å². The number of amides is 1. The number of rotatable bonds is 9. The van der Waals surface area contributed by atoms with E-state index in [0.29, 0.717) is 29.1 Å². The first-order valence-corrected chi connectivity index (χ1v) is 11.7. The predicted molar refractivity (Wildman–Crippen MR) is 132 cm³/mol. The standard InChI is InChI=1S/C25H25N3O5S/c1-3-33-20-6-4-5-18(13-20)15-28-24(30)23-21(11-12-34-23)27(25(28)31)16-22(29)26-14-17-7-9-19(32-2)10-8-17/h4-13H,3,14-16H2,1-2H3,(H,26,29). The zero-order chi connectivity index (χ0) is 24.1. The number of benzene rings is 2. The van der Waals surface area contributed by atoms with Gasteiger partial charge < -0.3 is 14.8 Å². The summed E-state index contributed by atoms with van der Waals surface area (Å²) in [7, 11) is 1.59. The number of nitrogens with one attached hydrogen (secondary N) is 1. The van der Waals surface area contributed by atoms with Gasteiger partial charge >= 0.3 is 5.69 Å². The van der Waals surface area contributed by atoms with Crippen LogP contribution in [0.25, 0.3) is 10.2 Å². The van der Waals surface area contributed by atoms with Crippen LogP contribution < -0.4 is 26.0 Å². The van der Waals surface area contributed by atoms with E-state index in [-0.39, 0.29) is 24.6 Å². The zero-order valence-electron chi connectivity index (χ0n) is 18.9. The lowest BCUT2D eigenvalue weighted by Crippen LogP contribution is -2.42. The molecule has 4 aromatic rings. The summed E-state index contributed by atoms with van der Waals surface area (Å²) in [5, 5.41) is 4.58. The summed E-state index contributed by atoms with van der Waals surface area (Å²) in [6, 6.07) is 16.3. The third-order valence-electron chi connectivity index (χ3n) is 5.34. The van der Waals surface area contributed by atoms with E-state index in [1.54, 1.807) is 24.6 Å². The molecule has 0 fully saturated rings. The summed E-state index contributed by atoms with van der Waals surface area (Å²) in [4.78, 5) is 39.0. The number of hydrogen-bond acceptors (Lipinski definition) is 6. The van der Waals surface area contributed by atoms with Gasteiger partial charge in [-0.15, -0.1) is 11.3 Å². The Kier molecular flexibility index (Phi) is 7.12. The van der Waals surface area contributed by atoms with Crippen LogP contribution in [0.5, 0.6) is 11.5 Å². The number of ether oxygens (including phenoxy) is 2. The molecule has 176 valence electrons. The van der Waals surface area contributed by atoms with Gasteiger partial charge in [-0.1, -0.05) is 24.3 Å². The van der Waals surface area contributed by atoms with Crippen molar-refractivity contribution in [3.05, 3.63) is 91.9 Å². The molecule has 0 radical (unpaired) electrons. The molecule has 9 heteroatoms. The molecule has 0 atom stereocenters. The fourth-order valence-electron chi connectivity index (χ4n) is 3.65. The first-order chi connectivity index (χ1) is 16.5. The summed E-state index contributed by atoms with van der Waals surface area (Å²) in [5.74, 6) is 1.08. The molecule has 0 aliphatic heterocycles. The second-order valence-corrected chi connectivity index (χ2v) is 8.52. The average molecular weight is 480 g/mol. The van der Waals surface area contributed by atoms with Crippen molar-refractivity contribution in [1.29, 1.82) is 0 Å². The van der Waals surface area contributed by atoms with Crippen LogP contribution in [-0.4, -0.2) is 28.8 Å². The van der Waals surface area contributed by atoms with Crippen molar-refractivity contribution >= 4 is 27.5 Å². The summed E-state index contributed by atoms with van der Waals surface area (Å²) in [6.45, 7) is 2.61. The largest absolute Gasteiger partial charge is 0.497 e. The van der Waals surface area contributed by atoms with Gasteiger partial charge in [0.1, 0.15) is 22.7 Å². The maximum absolute atomic E-state index is 13.3.